The van der Waals surface area contributed by atoms with Gasteiger partial charge >= 0.3 is 5.97 Å². The molecule has 0 aliphatic carbocycles. The summed E-state index contributed by atoms with van der Waals surface area (Å²) in [6.07, 6.45) is -0.165. The number of carboxylic acids is 1. The summed E-state index contributed by atoms with van der Waals surface area (Å²) < 4.78 is 0. The molecule has 0 saturated carbocycles. The van der Waals surface area contributed by atoms with E-state index < -0.39 is 60.4 Å². The monoisotopic (exact) mass is 460 g/mol. The Labute approximate surface area is 184 Å². The van der Waals surface area contributed by atoms with Crippen LogP contribution in [-0.2, 0) is 24.0 Å². The second-order valence-corrected chi connectivity index (χ2v) is 6.95. The topological polar surface area (TPSA) is 278 Å². The number of hydrogen-bond donors (Lipinski definition) is 9. The van der Waals surface area contributed by atoms with E-state index in [4.69, 9.17) is 33.1 Å². The number of amides is 4. The standard InChI is InChI=1S/C17H32N8O7/c1-8(18)13(28)23-9(3-2-6-22-17(20)21)14(29)24-10(4-5-12(19)27)15(30)25-11(7-26)16(31)32/h8-11,26H,2-7,18H2,1H3,(H2,19,27)(H,23,28)(H,24,29)(H,25,30)(H,31,32)(H4,20,21,22). The zero-order chi connectivity index (χ0) is 24.8. The number of aliphatic imine (C=N–C) groups is 1. The predicted octanol–water partition coefficient (Wildman–Crippen LogP) is -4.82. The SMILES string of the molecule is CC(N)C(=O)NC(CCCN=C(N)N)C(=O)NC(CCC(N)=O)C(=O)NC(CO)C(=O)O. The summed E-state index contributed by atoms with van der Waals surface area (Å²) in [7, 11) is 0. The van der Waals surface area contributed by atoms with Gasteiger partial charge in [-0.25, -0.2) is 4.79 Å². The normalized spacial score (nSPS) is 14.2. The van der Waals surface area contributed by atoms with Gasteiger partial charge < -0.3 is 49.1 Å². The van der Waals surface area contributed by atoms with E-state index in [9.17, 15) is 24.0 Å². The van der Waals surface area contributed by atoms with Gasteiger partial charge in [0.2, 0.25) is 23.6 Å². The van der Waals surface area contributed by atoms with E-state index in [1.807, 2.05) is 5.32 Å². The van der Waals surface area contributed by atoms with Crippen molar-refractivity contribution >= 4 is 35.6 Å². The fourth-order valence-corrected chi connectivity index (χ4v) is 2.36. The molecule has 0 rings (SSSR count). The third-order valence-corrected chi connectivity index (χ3v) is 4.10. The minimum atomic E-state index is -1.62. The molecule has 182 valence electrons. The van der Waals surface area contributed by atoms with Gasteiger partial charge in [0.05, 0.1) is 12.6 Å². The Hall–Kier alpha value is -3.46. The van der Waals surface area contributed by atoms with Crippen LogP contribution in [0.4, 0.5) is 0 Å². The van der Waals surface area contributed by atoms with Gasteiger partial charge in [0, 0.05) is 13.0 Å². The second kappa shape index (κ2) is 14.5. The number of aliphatic hydroxyl groups is 1. The molecule has 0 aromatic heterocycles. The van der Waals surface area contributed by atoms with E-state index in [0.717, 1.165) is 0 Å². The molecule has 0 fully saturated rings. The molecular weight excluding hydrogens is 428 g/mol. The van der Waals surface area contributed by atoms with Crippen molar-refractivity contribution in [1.29, 1.82) is 0 Å². The van der Waals surface area contributed by atoms with Crippen molar-refractivity contribution in [3.63, 3.8) is 0 Å². The number of rotatable bonds is 15. The maximum absolute atomic E-state index is 12.8. The highest BCUT2D eigenvalue weighted by Crippen LogP contribution is 2.04. The number of nitrogens with two attached hydrogens (primary N) is 4. The maximum Gasteiger partial charge on any atom is 0.328 e. The largest absolute Gasteiger partial charge is 0.480 e. The molecule has 0 aromatic rings. The summed E-state index contributed by atoms with van der Waals surface area (Å²) >= 11 is 0. The first-order valence-electron chi connectivity index (χ1n) is 9.73. The van der Waals surface area contributed by atoms with Crippen LogP contribution in [0.3, 0.4) is 0 Å². The fraction of sp³-hybridized carbons (Fsp3) is 0.647. The minimum Gasteiger partial charge on any atom is -0.480 e. The van der Waals surface area contributed by atoms with Crippen LogP contribution in [0, 0.1) is 0 Å². The average molecular weight is 460 g/mol. The van der Waals surface area contributed by atoms with Gasteiger partial charge in [-0.15, -0.1) is 0 Å². The average Bonchev–Trinajstić information content (AvgIpc) is 2.70. The molecular formula is C17H32N8O7. The number of carbonyl (C=O) groups excluding carboxylic acids is 4. The van der Waals surface area contributed by atoms with Crippen molar-refractivity contribution in [3.05, 3.63) is 0 Å². The quantitative estimate of drug-likeness (QED) is 0.0638. The van der Waals surface area contributed by atoms with Crippen LogP contribution in [0.1, 0.15) is 32.6 Å². The fourth-order valence-electron chi connectivity index (χ4n) is 2.36. The van der Waals surface area contributed by atoms with E-state index in [0.29, 0.717) is 6.42 Å². The number of carbonyl (C=O) groups is 5. The van der Waals surface area contributed by atoms with E-state index in [2.05, 4.69) is 15.6 Å². The molecule has 15 nitrogen and oxygen atoms in total. The Bertz CT molecular complexity index is 709. The van der Waals surface area contributed by atoms with Crippen molar-refractivity contribution < 1.29 is 34.2 Å². The Morgan fingerprint density at radius 1 is 0.875 bits per heavy atom. The number of carboxylic acid groups (broad SMARTS) is 1. The summed E-state index contributed by atoms with van der Waals surface area (Å²) in [5, 5.41) is 24.9. The van der Waals surface area contributed by atoms with Crippen LogP contribution >= 0.6 is 0 Å². The number of nitrogens with zero attached hydrogens (tertiary/aromatic N) is 1. The lowest BCUT2D eigenvalue weighted by molar-refractivity contribution is -0.143. The lowest BCUT2D eigenvalue weighted by Gasteiger charge is -2.24. The zero-order valence-corrected chi connectivity index (χ0v) is 17.7. The van der Waals surface area contributed by atoms with Crippen molar-refractivity contribution in [1.82, 2.24) is 16.0 Å². The molecule has 13 N–H and O–H groups in total. The molecule has 4 unspecified atom stereocenters. The van der Waals surface area contributed by atoms with Crippen LogP contribution in [-0.4, -0.2) is 83.1 Å². The third-order valence-electron chi connectivity index (χ3n) is 4.10. The Morgan fingerprint density at radius 2 is 1.38 bits per heavy atom. The number of aliphatic hydroxyl groups excluding tert-OH is 1. The van der Waals surface area contributed by atoms with E-state index in [-0.39, 0.29) is 31.8 Å². The summed E-state index contributed by atoms with van der Waals surface area (Å²) in [6, 6.07) is -5.03. The Morgan fingerprint density at radius 3 is 1.81 bits per heavy atom. The van der Waals surface area contributed by atoms with Gasteiger partial charge in [0.15, 0.2) is 5.96 Å². The molecule has 0 aliphatic rings. The minimum absolute atomic E-state index is 0.0830. The molecule has 15 heteroatoms. The number of guanidine groups is 1. The van der Waals surface area contributed by atoms with E-state index >= 15 is 0 Å². The van der Waals surface area contributed by atoms with Crippen molar-refractivity contribution in [2.24, 2.45) is 27.9 Å². The van der Waals surface area contributed by atoms with Crippen molar-refractivity contribution in [2.45, 2.75) is 56.8 Å². The zero-order valence-electron chi connectivity index (χ0n) is 17.7. The van der Waals surface area contributed by atoms with E-state index in [1.54, 1.807) is 0 Å². The number of nitrogens with one attached hydrogen (secondary N) is 3. The van der Waals surface area contributed by atoms with Gasteiger partial charge in [-0.3, -0.25) is 24.2 Å². The first kappa shape index (κ1) is 28.5. The van der Waals surface area contributed by atoms with Gasteiger partial charge in [-0.05, 0) is 26.2 Å². The third kappa shape index (κ3) is 11.7. The Balaban J connectivity index is 5.44. The van der Waals surface area contributed by atoms with Crippen LogP contribution in [0.25, 0.3) is 0 Å². The molecule has 0 aliphatic heterocycles. The van der Waals surface area contributed by atoms with Crippen LogP contribution in [0.15, 0.2) is 4.99 Å². The highest BCUT2D eigenvalue weighted by molar-refractivity contribution is 5.94. The molecule has 0 radical (unpaired) electrons. The van der Waals surface area contributed by atoms with Crippen molar-refractivity contribution in [3.8, 4) is 0 Å². The molecule has 4 amide bonds. The predicted molar refractivity (Wildman–Crippen MR) is 113 cm³/mol. The first-order chi connectivity index (χ1) is 14.9. The summed E-state index contributed by atoms with van der Waals surface area (Å²) in [5.41, 5.74) is 21.1. The molecule has 0 bridgehead atoms. The Kier molecular flexibility index (Phi) is 13.0. The molecule has 0 saturated heterocycles. The molecule has 32 heavy (non-hydrogen) atoms. The second-order valence-electron chi connectivity index (χ2n) is 6.95. The van der Waals surface area contributed by atoms with Gasteiger partial charge in [-0.2, -0.15) is 0 Å². The van der Waals surface area contributed by atoms with Crippen LogP contribution < -0.4 is 38.9 Å². The summed E-state index contributed by atoms with van der Waals surface area (Å²) in [4.78, 5) is 63.1. The van der Waals surface area contributed by atoms with Gasteiger partial charge in [0.1, 0.15) is 18.1 Å². The molecule has 0 aromatic carbocycles. The smallest absolute Gasteiger partial charge is 0.328 e. The summed E-state index contributed by atoms with van der Waals surface area (Å²) in [5.74, 6) is -4.78. The highest BCUT2D eigenvalue weighted by Gasteiger charge is 2.29. The number of primary amides is 1. The lowest BCUT2D eigenvalue weighted by Crippen LogP contribution is -2.57. The highest BCUT2D eigenvalue weighted by atomic mass is 16.4. The number of hydrogen-bond acceptors (Lipinski definition) is 8. The number of aliphatic carboxylic acids is 1. The molecule has 4 atom stereocenters. The first-order valence-corrected chi connectivity index (χ1v) is 9.73. The summed E-state index contributed by atoms with van der Waals surface area (Å²) in [6.45, 7) is 0.686. The van der Waals surface area contributed by atoms with Crippen molar-refractivity contribution in [2.75, 3.05) is 13.2 Å². The van der Waals surface area contributed by atoms with Gasteiger partial charge in [-0.1, -0.05) is 0 Å². The van der Waals surface area contributed by atoms with E-state index in [1.165, 1.54) is 6.92 Å². The molecule has 0 spiro atoms. The maximum atomic E-state index is 12.8. The van der Waals surface area contributed by atoms with Crippen LogP contribution in [0.2, 0.25) is 0 Å². The molecule has 0 heterocycles. The van der Waals surface area contributed by atoms with Crippen LogP contribution in [0.5, 0.6) is 0 Å². The lowest BCUT2D eigenvalue weighted by atomic mass is 10.1. The van der Waals surface area contributed by atoms with Gasteiger partial charge in [0.25, 0.3) is 0 Å².